The lowest BCUT2D eigenvalue weighted by Gasteiger charge is -2.41. The van der Waals surface area contributed by atoms with Crippen molar-refractivity contribution in [2.24, 2.45) is 23.2 Å². The van der Waals surface area contributed by atoms with Gasteiger partial charge in [0.1, 0.15) is 0 Å². The minimum absolute atomic E-state index is 0.0387. The van der Waals surface area contributed by atoms with Gasteiger partial charge < -0.3 is 0 Å². The third-order valence-corrected chi connectivity index (χ3v) is 8.26. The van der Waals surface area contributed by atoms with Gasteiger partial charge in [-0.15, -0.1) is 0 Å². The summed E-state index contributed by atoms with van der Waals surface area (Å²) in [5.74, 6) is 2.95. The van der Waals surface area contributed by atoms with E-state index in [4.69, 9.17) is 0 Å². The van der Waals surface area contributed by atoms with E-state index in [9.17, 15) is 5.26 Å². The molecule has 2 aliphatic rings. The van der Waals surface area contributed by atoms with Gasteiger partial charge in [-0.1, -0.05) is 97.3 Å². The van der Waals surface area contributed by atoms with E-state index in [2.05, 4.69) is 19.9 Å². The van der Waals surface area contributed by atoms with Crippen molar-refractivity contribution in [3.8, 4) is 6.07 Å². The third kappa shape index (κ3) is 8.08. The Morgan fingerprint density at radius 2 is 1.21 bits per heavy atom. The minimum Gasteiger partial charge on any atom is -0.198 e. The number of unbranched alkanes of at least 4 members (excludes halogenated alkanes) is 8. The lowest BCUT2D eigenvalue weighted by Crippen LogP contribution is -2.31. The summed E-state index contributed by atoms with van der Waals surface area (Å²) in [4.78, 5) is 0. The van der Waals surface area contributed by atoms with Gasteiger partial charge in [0.15, 0.2) is 0 Å². The fourth-order valence-electron chi connectivity index (χ4n) is 6.12. The summed E-state index contributed by atoms with van der Waals surface area (Å²) < 4.78 is 0. The second-order valence-corrected chi connectivity index (χ2v) is 10.4. The zero-order valence-electron chi connectivity index (χ0n) is 19.3. The van der Waals surface area contributed by atoms with Gasteiger partial charge in [-0.25, -0.2) is 0 Å². The Morgan fingerprint density at radius 3 is 1.79 bits per heavy atom. The van der Waals surface area contributed by atoms with Gasteiger partial charge in [0.05, 0.1) is 11.5 Å². The van der Waals surface area contributed by atoms with Crippen LogP contribution in [0.3, 0.4) is 0 Å². The van der Waals surface area contributed by atoms with Crippen LogP contribution in [-0.4, -0.2) is 0 Å². The highest BCUT2D eigenvalue weighted by Crippen LogP contribution is 2.47. The second-order valence-electron chi connectivity index (χ2n) is 10.4. The molecule has 0 aromatic rings. The fraction of sp³-hybridized carbons (Fsp3) is 0.963. The van der Waals surface area contributed by atoms with E-state index < -0.39 is 0 Å². The van der Waals surface area contributed by atoms with Gasteiger partial charge >= 0.3 is 0 Å². The van der Waals surface area contributed by atoms with Crippen LogP contribution in [0.4, 0.5) is 0 Å². The van der Waals surface area contributed by atoms with Crippen LogP contribution in [0.1, 0.15) is 142 Å². The SMILES string of the molecule is CCCCCCCCCCC1(C#N)CCC(C2CCC(CCCC)CC2)CC1. The van der Waals surface area contributed by atoms with Gasteiger partial charge in [-0.05, 0) is 62.7 Å². The molecular formula is C27H49N. The maximum atomic E-state index is 9.91. The zero-order chi connectivity index (χ0) is 20.1. The van der Waals surface area contributed by atoms with Crippen molar-refractivity contribution in [2.75, 3.05) is 0 Å². The van der Waals surface area contributed by atoms with Gasteiger partial charge in [0.25, 0.3) is 0 Å². The summed E-state index contributed by atoms with van der Waals surface area (Å²) in [7, 11) is 0. The van der Waals surface area contributed by atoms with E-state index in [1.165, 1.54) is 128 Å². The monoisotopic (exact) mass is 387 g/mol. The van der Waals surface area contributed by atoms with Gasteiger partial charge in [0, 0.05) is 0 Å². The second kappa shape index (κ2) is 13.7. The molecule has 0 saturated heterocycles. The van der Waals surface area contributed by atoms with Crippen LogP contribution < -0.4 is 0 Å². The molecule has 2 fully saturated rings. The maximum Gasteiger partial charge on any atom is 0.0689 e. The highest BCUT2D eigenvalue weighted by molar-refractivity contribution is 5.02. The molecule has 162 valence electrons. The van der Waals surface area contributed by atoms with Crippen molar-refractivity contribution in [2.45, 2.75) is 142 Å². The first kappa shape index (κ1) is 23.8. The Balaban J connectivity index is 1.60. The predicted molar refractivity (Wildman–Crippen MR) is 122 cm³/mol. The van der Waals surface area contributed by atoms with Crippen LogP contribution >= 0.6 is 0 Å². The van der Waals surface area contributed by atoms with Crippen molar-refractivity contribution in [3.63, 3.8) is 0 Å². The topological polar surface area (TPSA) is 23.8 Å². The summed E-state index contributed by atoms with van der Waals surface area (Å²) in [5, 5.41) is 9.91. The molecule has 2 saturated carbocycles. The largest absolute Gasteiger partial charge is 0.198 e. The molecule has 1 nitrogen and oxygen atoms in total. The molecule has 28 heavy (non-hydrogen) atoms. The van der Waals surface area contributed by atoms with Crippen LogP contribution in [0, 0.1) is 34.5 Å². The minimum atomic E-state index is 0.0387. The van der Waals surface area contributed by atoms with Crippen LogP contribution in [0.15, 0.2) is 0 Å². The molecule has 0 bridgehead atoms. The molecule has 0 amide bonds. The first-order chi connectivity index (χ1) is 13.7. The Bertz CT molecular complexity index is 418. The average molecular weight is 388 g/mol. The van der Waals surface area contributed by atoms with Crippen molar-refractivity contribution in [3.05, 3.63) is 0 Å². The molecule has 2 rings (SSSR count). The molecule has 0 heterocycles. The van der Waals surface area contributed by atoms with Crippen molar-refractivity contribution in [1.29, 1.82) is 5.26 Å². The quantitative estimate of drug-likeness (QED) is 0.289. The number of nitrogens with zero attached hydrogens (tertiary/aromatic N) is 1. The van der Waals surface area contributed by atoms with Gasteiger partial charge in [-0.3, -0.25) is 0 Å². The lowest BCUT2D eigenvalue weighted by atomic mass is 9.63. The van der Waals surface area contributed by atoms with Crippen LogP contribution in [0.25, 0.3) is 0 Å². The normalized spacial score (nSPS) is 30.8. The molecule has 0 N–H and O–H groups in total. The Labute approximate surface area is 177 Å². The van der Waals surface area contributed by atoms with E-state index >= 15 is 0 Å². The molecule has 0 aliphatic heterocycles. The average Bonchev–Trinajstić information content (AvgIpc) is 2.75. The van der Waals surface area contributed by atoms with Crippen molar-refractivity contribution >= 4 is 0 Å². The standard InChI is InChI=1S/C27H49N/c1-3-5-7-8-9-10-11-12-20-27(23-28)21-18-26(19-22-27)25-16-14-24(15-17-25)13-6-4-2/h24-26H,3-22H2,1-2H3. The number of hydrogen-bond donors (Lipinski definition) is 0. The number of hydrogen-bond acceptors (Lipinski definition) is 1. The summed E-state index contributed by atoms with van der Waals surface area (Å²) >= 11 is 0. The molecule has 0 aromatic heterocycles. The van der Waals surface area contributed by atoms with E-state index in [1.807, 2.05) is 0 Å². The third-order valence-electron chi connectivity index (χ3n) is 8.26. The highest BCUT2D eigenvalue weighted by atomic mass is 14.4. The highest BCUT2D eigenvalue weighted by Gasteiger charge is 2.38. The molecular weight excluding hydrogens is 338 g/mol. The molecule has 0 spiro atoms. The molecule has 0 unspecified atom stereocenters. The molecule has 0 aromatic carbocycles. The fourth-order valence-corrected chi connectivity index (χ4v) is 6.12. The zero-order valence-corrected chi connectivity index (χ0v) is 19.3. The summed E-state index contributed by atoms with van der Waals surface area (Å²) in [5.41, 5.74) is 0.0387. The summed E-state index contributed by atoms with van der Waals surface area (Å²) in [6.45, 7) is 4.61. The smallest absolute Gasteiger partial charge is 0.0689 e. The summed E-state index contributed by atoms with van der Waals surface area (Å²) in [6.07, 6.45) is 27.5. The maximum absolute atomic E-state index is 9.91. The van der Waals surface area contributed by atoms with E-state index in [-0.39, 0.29) is 5.41 Å². The van der Waals surface area contributed by atoms with Crippen LogP contribution in [0.2, 0.25) is 0 Å². The van der Waals surface area contributed by atoms with Gasteiger partial charge in [0.2, 0.25) is 0 Å². The molecule has 1 heteroatoms. The first-order valence-corrected chi connectivity index (χ1v) is 13.1. The Morgan fingerprint density at radius 1 is 0.679 bits per heavy atom. The molecule has 0 radical (unpaired) electrons. The molecule has 2 aliphatic carbocycles. The van der Waals surface area contributed by atoms with Gasteiger partial charge in [-0.2, -0.15) is 5.26 Å². The number of nitriles is 1. The number of rotatable bonds is 13. The first-order valence-electron chi connectivity index (χ1n) is 13.1. The Kier molecular flexibility index (Phi) is 11.6. The lowest BCUT2D eigenvalue weighted by molar-refractivity contribution is 0.114. The van der Waals surface area contributed by atoms with E-state index in [0.717, 1.165) is 17.8 Å². The predicted octanol–water partition coefficient (Wildman–Crippen LogP) is 9.21. The van der Waals surface area contributed by atoms with Crippen LogP contribution in [0.5, 0.6) is 0 Å². The van der Waals surface area contributed by atoms with Crippen LogP contribution in [-0.2, 0) is 0 Å². The Hall–Kier alpha value is -0.510. The van der Waals surface area contributed by atoms with Crippen molar-refractivity contribution in [1.82, 2.24) is 0 Å². The molecule has 0 atom stereocenters. The van der Waals surface area contributed by atoms with E-state index in [1.54, 1.807) is 0 Å². The summed E-state index contributed by atoms with van der Waals surface area (Å²) in [6, 6.07) is 2.79. The van der Waals surface area contributed by atoms with E-state index in [0.29, 0.717) is 0 Å². The van der Waals surface area contributed by atoms with Crippen molar-refractivity contribution < 1.29 is 0 Å².